The van der Waals surface area contributed by atoms with Crippen LogP contribution in [0.4, 0.5) is 0 Å². The summed E-state index contributed by atoms with van der Waals surface area (Å²) in [5.41, 5.74) is 0.0236. The van der Waals surface area contributed by atoms with Gasteiger partial charge >= 0.3 is 0 Å². The minimum atomic E-state index is -0.923. The SMILES string of the molecule is COCC(C)(O)c1ccsc1-c1cccs1. The first-order valence-corrected chi connectivity index (χ1v) is 6.74. The largest absolute Gasteiger partial charge is 0.383 e. The third kappa shape index (κ3) is 2.20. The lowest BCUT2D eigenvalue weighted by Gasteiger charge is -2.22. The molecular formula is C12H14O2S2. The highest BCUT2D eigenvalue weighted by atomic mass is 32.1. The molecule has 0 aliphatic rings. The molecule has 2 heterocycles. The van der Waals surface area contributed by atoms with Crippen molar-refractivity contribution in [3.8, 4) is 9.75 Å². The molecule has 1 atom stereocenters. The van der Waals surface area contributed by atoms with E-state index in [-0.39, 0.29) is 0 Å². The molecule has 2 nitrogen and oxygen atoms in total. The van der Waals surface area contributed by atoms with Gasteiger partial charge in [-0.3, -0.25) is 0 Å². The molecule has 86 valence electrons. The zero-order valence-electron chi connectivity index (χ0n) is 9.27. The van der Waals surface area contributed by atoms with Crippen molar-refractivity contribution < 1.29 is 9.84 Å². The van der Waals surface area contributed by atoms with Gasteiger partial charge in [0.1, 0.15) is 5.60 Å². The normalized spacial score (nSPS) is 14.9. The molecule has 0 fully saturated rings. The number of hydrogen-bond donors (Lipinski definition) is 1. The summed E-state index contributed by atoms with van der Waals surface area (Å²) in [4.78, 5) is 2.33. The van der Waals surface area contributed by atoms with E-state index in [9.17, 15) is 5.11 Å². The van der Waals surface area contributed by atoms with Crippen molar-refractivity contribution >= 4 is 22.7 Å². The van der Waals surface area contributed by atoms with E-state index in [2.05, 4.69) is 6.07 Å². The van der Waals surface area contributed by atoms with Crippen LogP contribution >= 0.6 is 22.7 Å². The minimum absolute atomic E-state index is 0.308. The van der Waals surface area contributed by atoms with Crippen molar-refractivity contribution in [2.24, 2.45) is 0 Å². The maximum Gasteiger partial charge on any atom is 0.111 e. The first kappa shape index (κ1) is 11.8. The van der Waals surface area contributed by atoms with Crippen molar-refractivity contribution in [1.82, 2.24) is 0 Å². The lowest BCUT2D eigenvalue weighted by atomic mass is 9.97. The van der Waals surface area contributed by atoms with Gasteiger partial charge in [-0.1, -0.05) is 6.07 Å². The Morgan fingerprint density at radius 1 is 1.31 bits per heavy atom. The van der Waals surface area contributed by atoms with E-state index in [0.29, 0.717) is 6.61 Å². The molecule has 1 unspecified atom stereocenters. The van der Waals surface area contributed by atoms with Crippen molar-refractivity contribution in [1.29, 1.82) is 0 Å². The Morgan fingerprint density at radius 2 is 2.12 bits per heavy atom. The number of aliphatic hydroxyl groups is 1. The van der Waals surface area contributed by atoms with Gasteiger partial charge in [-0.05, 0) is 29.8 Å². The van der Waals surface area contributed by atoms with Crippen LogP contribution in [0.25, 0.3) is 9.75 Å². The molecular weight excluding hydrogens is 240 g/mol. The molecule has 0 bridgehead atoms. The highest BCUT2D eigenvalue weighted by molar-refractivity contribution is 7.20. The maximum atomic E-state index is 10.3. The predicted octanol–water partition coefficient (Wildman–Crippen LogP) is 3.33. The minimum Gasteiger partial charge on any atom is -0.383 e. The molecule has 2 rings (SSSR count). The second-order valence-corrected chi connectivity index (χ2v) is 5.71. The predicted molar refractivity (Wildman–Crippen MR) is 69.1 cm³/mol. The average molecular weight is 254 g/mol. The highest BCUT2D eigenvalue weighted by Gasteiger charge is 2.27. The first-order valence-electron chi connectivity index (χ1n) is 4.98. The zero-order chi connectivity index (χ0) is 11.6. The van der Waals surface area contributed by atoms with Gasteiger partial charge in [-0.2, -0.15) is 0 Å². The van der Waals surface area contributed by atoms with E-state index in [1.54, 1.807) is 36.7 Å². The molecule has 4 heteroatoms. The average Bonchev–Trinajstić information content (AvgIpc) is 2.88. The topological polar surface area (TPSA) is 29.5 Å². The van der Waals surface area contributed by atoms with Gasteiger partial charge in [0.25, 0.3) is 0 Å². The van der Waals surface area contributed by atoms with Gasteiger partial charge in [0.05, 0.1) is 11.5 Å². The summed E-state index contributed by atoms with van der Waals surface area (Å²) < 4.78 is 5.06. The van der Waals surface area contributed by atoms with E-state index < -0.39 is 5.60 Å². The van der Waals surface area contributed by atoms with Crippen LogP contribution in [0.2, 0.25) is 0 Å². The second-order valence-electron chi connectivity index (χ2n) is 3.85. The van der Waals surface area contributed by atoms with Crippen LogP contribution in [-0.4, -0.2) is 18.8 Å². The third-order valence-corrected chi connectivity index (χ3v) is 4.38. The van der Waals surface area contributed by atoms with Crippen LogP contribution in [0.3, 0.4) is 0 Å². The summed E-state index contributed by atoms with van der Waals surface area (Å²) in [5, 5.41) is 14.4. The Bertz CT molecular complexity index is 443. The monoisotopic (exact) mass is 254 g/mol. The van der Waals surface area contributed by atoms with Crippen molar-refractivity contribution in [3.63, 3.8) is 0 Å². The number of rotatable bonds is 4. The molecule has 16 heavy (non-hydrogen) atoms. The van der Waals surface area contributed by atoms with Gasteiger partial charge in [-0.15, -0.1) is 22.7 Å². The Hall–Kier alpha value is -0.680. The van der Waals surface area contributed by atoms with Crippen LogP contribution in [0.1, 0.15) is 12.5 Å². The second kappa shape index (κ2) is 4.67. The lowest BCUT2D eigenvalue weighted by molar-refractivity contribution is -0.0201. The molecule has 2 aromatic heterocycles. The number of thiophene rings is 2. The Balaban J connectivity index is 2.40. The van der Waals surface area contributed by atoms with E-state index in [4.69, 9.17) is 4.74 Å². The summed E-state index contributed by atoms with van der Waals surface area (Å²) in [6.45, 7) is 2.10. The summed E-state index contributed by atoms with van der Waals surface area (Å²) in [6.07, 6.45) is 0. The van der Waals surface area contributed by atoms with Crippen LogP contribution < -0.4 is 0 Å². The molecule has 0 aliphatic heterocycles. The van der Waals surface area contributed by atoms with Crippen molar-refractivity contribution in [2.45, 2.75) is 12.5 Å². The van der Waals surface area contributed by atoms with E-state index >= 15 is 0 Å². The highest BCUT2D eigenvalue weighted by Crippen LogP contribution is 2.38. The molecule has 0 amide bonds. The maximum absolute atomic E-state index is 10.3. The number of hydrogen-bond acceptors (Lipinski definition) is 4. The van der Waals surface area contributed by atoms with Crippen molar-refractivity contribution in [2.75, 3.05) is 13.7 Å². The van der Waals surface area contributed by atoms with E-state index in [1.807, 2.05) is 22.9 Å². The van der Waals surface area contributed by atoms with Crippen LogP contribution in [0, 0.1) is 0 Å². The lowest BCUT2D eigenvalue weighted by Crippen LogP contribution is -2.27. The quantitative estimate of drug-likeness (QED) is 0.907. The Labute approximate surface area is 103 Å². The Morgan fingerprint density at radius 3 is 2.75 bits per heavy atom. The molecule has 2 aromatic rings. The molecule has 0 radical (unpaired) electrons. The molecule has 0 aromatic carbocycles. The molecule has 0 saturated carbocycles. The first-order chi connectivity index (χ1) is 7.65. The summed E-state index contributed by atoms with van der Waals surface area (Å²) in [6, 6.07) is 6.07. The molecule has 0 aliphatic carbocycles. The molecule has 1 N–H and O–H groups in total. The fraction of sp³-hybridized carbons (Fsp3) is 0.333. The van der Waals surface area contributed by atoms with Gasteiger partial charge < -0.3 is 9.84 Å². The van der Waals surface area contributed by atoms with Crippen molar-refractivity contribution in [3.05, 3.63) is 34.5 Å². The van der Waals surface area contributed by atoms with Crippen LogP contribution in [0.15, 0.2) is 29.0 Å². The number of ether oxygens (including phenoxy) is 1. The van der Waals surface area contributed by atoms with E-state index in [0.717, 1.165) is 10.4 Å². The third-order valence-electron chi connectivity index (χ3n) is 2.42. The fourth-order valence-electron chi connectivity index (χ4n) is 1.69. The van der Waals surface area contributed by atoms with Crippen LogP contribution in [-0.2, 0) is 10.3 Å². The van der Waals surface area contributed by atoms with Gasteiger partial charge in [-0.25, -0.2) is 0 Å². The molecule has 0 spiro atoms. The Kier molecular flexibility index (Phi) is 3.44. The standard InChI is InChI=1S/C12H14O2S2/c1-12(13,8-14-2)9-5-7-16-11(9)10-4-3-6-15-10/h3-7,13H,8H2,1-2H3. The fourth-order valence-corrected chi connectivity index (χ4v) is 3.60. The molecule has 0 saturated heterocycles. The smallest absolute Gasteiger partial charge is 0.111 e. The summed E-state index contributed by atoms with van der Waals surface area (Å²) in [5.74, 6) is 0. The zero-order valence-corrected chi connectivity index (χ0v) is 10.9. The number of methoxy groups -OCH3 is 1. The van der Waals surface area contributed by atoms with E-state index in [1.165, 1.54) is 4.88 Å². The van der Waals surface area contributed by atoms with Gasteiger partial charge in [0.15, 0.2) is 0 Å². The summed E-state index contributed by atoms with van der Waals surface area (Å²) >= 11 is 3.34. The summed E-state index contributed by atoms with van der Waals surface area (Å²) in [7, 11) is 1.60. The van der Waals surface area contributed by atoms with Gasteiger partial charge in [0, 0.05) is 17.6 Å². The van der Waals surface area contributed by atoms with Gasteiger partial charge in [0.2, 0.25) is 0 Å². The van der Waals surface area contributed by atoms with Crippen LogP contribution in [0.5, 0.6) is 0 Å².